The molecule has 0 bridgehead atoms. The zero-order valence-electron chi connectivity index (χ0n) is 13.9. The fourth-order valence-corrected chi connectivity index (χ4v) is 5.28. The van der Waals surface area contributed by atoms with Crippen molar-refractivity contribution in [2.75, 3.05) is 6.54 Å². The lowest BCUT2D eigenvalue weighted by Gasteiger charge is -2.25. The Balaban J connectivity index is 1.77. The SMILES string of the molecule is O=S(=O)(c1ccc2ccccc2c1)N1CCC[C@@H]1c1cc(F)ccc1F. The second kappa shape index (κ2) is 6.45. The van der Waals surface area contributed by atoms with Crippen molar-refractivity contribution in [3.8, 4) is 0 Å². The molecule has 0 aliphatic carbocycles. The fraction of sp³-hybridized carbons (Fsp3) is 0.200. The Hall–Kier alpha value is -2.31. The Morgan fingerprint density at radius 2 is 1.69 bits per heavy atom. The van der Waals surface area contributed by atoms with E-state index in [1.807, 2.05) is 24.3 Å². The molecule has 0 saturated carbocycles. The van der Waals surface area contributed by atoms with Crippen LogP contribution in [0.5, 0.6) is 0 Å². The highest BCUT2D eigenvalue weighted by atomic mass is 32.2. The first-order valence-corrected chi connectivity index (χ1v) is 9.86. The van der Waals surface area contributed by atoms with Gasteiger partial charge in [0.1, 0.15) is 11.6 Å². The predicted octanol–water partition coefficient (Wildman–Crippen LogP) is 4.64. The first kappa shape index (κ1) is 17.1. The second-order valence-electron chi connectivity index (χ2n) is 6.45. The van der Waals surface area contributed by atoms with Gasteiger partial charge in [-0.05, 0) is 53.9 Å². The molecular weight excluding hydrogens is 356 g/mol. The molecule has 0 unspecified atom stereocenters. The van der Waals surface area contributed by atoms with Crippen molar-refractivity contribution in [2.24, 2.45) is 0 Å². The van der Waals surface area contributed by atoms with Crippen LogP contribution in [-0.2, 0) is 10.0 Å². The minimum atomic E-state index is -3.81. The van der Waals surface area contributed by atoms with Gasteiger partial charge in [-0.3, -0.25) is 0 Å². The standard InChI is InChI=1S/C20H17F2NO2S/c21-16-8-10-19(22)18(13-16)20-6-3-11-23(20)26(24,25)17-9-7-14-4-1-2-5-15(14)12-17/h1-2,4-5,7-10,12-13,20H,3,6,11H2/t20-/m1/s1. The van der Waals surface area contributed by atoms with Crippen molar-refractivity contribution in [3.63, 3.8) is 0 Å². The maximum absolute atomic E-state index is 14.2. The molecule has 0 amide bonds. The Bertz CT molecular complexity index is 1080. The van der Waals surface area contributed by atoms with Gasteiger partial charge >= 0.3 is 0 Å². The van der Waals surface area contributed by atoms with Crippen molar-refractivity contribution < 1.29 is 17.2 Å². The molecule has 0 radical (unpaired) electrons. The second-order valence-corrected chi connectivity index (χ2v) is 8.34. The quantitative estimate of drug-likeness (QED) is 0.670. The Morgan fingerprint density at radius 1 is 0.923 bits per heavy atom. The van der Waals surface area contributed by atoms with Crippen molar-refractivity contribution in [3.05, 3.63) is 77.9 Å². The molecule has 3 aromatic rings. The van der Waals surface area contributed by atoms with E-state index in [-0.39, 0.29) is 17.0 Å². The topological polar surface area (TPSA) is 37.4 Å². The highest BCUT2D eigenvalue weighted by molar-refractivity contribution is 7.89. The third-order valence-electron chi connectivity index (χ3n) is 4.85. The van der Waals surface area contributed by atoms with Crippen LogP contribution in [0, 0.1) is 11.6 Å². The zero-order valence-corrected chi connectivity index (χ0v) is 14.7. The van der Waals surface area contributed by atoms with E-state index >= 15 is 0 Å². The first-order valence-electron chi connectivity index (χ1n) is 8.42. The van der Waals surface area contributed by atoms with Gasteiger partial charge in [0, 0.05) is 12.1 Å². The van der Waals surface area contributed by atoms with Crippen LogP contribution in [0.1, 0.15) is 24.4 Å². The van der Waals surface area contributed by atoms with E-state index < -0.39 is 27.7 Å². The van der Waals surface area contributed by atoms with Gasteiger partial charge in [0.15, 0.2) is 0 Å². The Labute approximate surface area is 150 Å². The summed E-state index contributed by atoms with van der Waals surface area (Å²) in [5.74, 6) is -1.16. The molecule has 4 rings (SSSR count). The number of sulfonamides is 1. The molecular formula is C20H17F2NO2S. The van der Waals surface area contributed by atoms with E-state index in [2.05, 4.69) is 0 Å². The summed E-state index contributed by atoms with van der Waals surface area (Å²) in [6.07, 6.45) is 1.07. The molecule has 1 saturated heterocycles. The molecule has 0 spiro atoms. The lowest BCUT2D eigenvalue weighted by Crippen LogP contribution is -2.31. The lowest BCUT2D eigenvalue weighted by atomic mass is 10.0. The molecule has 1 aliphatic rings. The van der Waals surface area contributed by atoms with E-state index in [1.165, 1.54) is 4.31 Å². The monoisotopic (exact) mass is 373 g/mol. The van der Waals surface area contributed by atoms with Crippen LogP contribution in [0.4, 0.5) is 8.78 Å². The molecule has 6 heteroatoms. The number of nitrogens with zero attached hydrogens (tertiary/aromatic N) is 1. The summed E-state index contributed by atoms with van der Waals surface area (Å²) in [5.41, 5.74) is 0.0897. The minimum Gasteiger partial charge on any atom is -0.207 e. The third kappa shape index (κ3) is 2.89. The van der Waals surface area contributed by atoms with Gasteiger partial charge < -0.3 is 0 Å². The van der Waals surface area contributed by atoms with Crippen molar-refractivity contribution in [1.82, 2.24) is 4.31 Å². The lowest BCUT2D eigenvalue weighted by molar-refractivity contribution is 0.384. The molecule has 134 valence electrons. The van der Waals surface area contributed by atoms with Gasteiger partial charge in [-0.15, -0.1) is 0 Å². The molecule has 1 aliphatic heterocycles. The number of halogens is 2. The van der Waals surface area contributed by atoms with Crippen LogP contribution in [0.3, 0.4) is 0 Å². The maximum atomic E-state index is 14.2. The third-order valence-corrected chi connectivity index (χ3v) is 6.75. The number of hydrogen-bond donors (Lipinski definition) is 0. The zero-order chi connectivity index (χ0) is 18.3. The summed E-state index contributed by atoms with van der Waals surface area (Å²) < 4.78 is 55.4. The predicted molar refractivity (Wildman–Crippen MR) is 96.2 cm³/mol. The van der Waals surface area contributed by atoms with Crippen LogP contribution in [0.2, 0.25) is 0 Å². The molecule has 1 atom stereocenters. The summed E-state index contributed by atoms with van der Waals surface area (Å²) in [6.45, 7) is 0.287. The van der Waals surface area contributed by atoms with E-state index in [9.17, 15) is 17.2 Å². The molecule has 0 aromatic heterocycles. The summed E-state index contributed by atoms with van der Waals surface area (Å²) in [6, 6.07) is 14.9. The summed E-state index contributed by atoms with van der Waals surface area (Å²) in [5, 5.41) is 1.77. The normalized spacial score (nSPS) is 18.5. The minimum absolute atomic E-state index is 0.0897. The number of benzene rings is 3. The van der Waals surface area contributed by atoms with Crippen LogP contribution in [0.15, 0.2) is 65.6 Å². The largest absolute Gasteiger partial charge is 0.243 e. The molecule has 3 aromatic carbocycles. The maximum Gasteiger partial charge on any atom is 0.243 e. The molecule has 1 fully saturated rings. The molecule has 0 N–H and O–H groups in total. The van der Waals surface area contributed by atoms with Crippen molar-refractivity contribution in [2.45, 2.75) is 23.8 Å². The van der Waals surface area contributed by atoms with Crippen LogP contribution >= 0.6 is 0 Å². The highest BCUT2D eigenvalue weighted by Gasteiger charge is 2.37. The van der Waals surface area contributed by atoms with Crippen molar-refractivity contribution in [1.29, 1.82) is 0 Å². The Kier molecular flexibility index (Phi) is 4.25. The van der Waals surface area contributed by atoms with E-state index in [4.69, 9.17) is 0 Å². The number of hydrogen-bond acceptors (Lipinski definition) is 2. The number of fused-ring (bicyclic) bond motifs is 1. The fourth-order valence-electron chi connectivity index (χ4n) is 3.57. The smallest absolute Gasteiger partial charge is 0.207 e. The van der Waals surface area contributed by atoms with Crippen LogP contribution < -0.4 is 0 Å². The van der Waals surface area contributed by atoms with Gasteiger partial charge in [0.2, 0.25) is 10.0 Å². The van der Waals surface area contributed by atoms with Crippen molar-refractivity contribution >= 4 is 20.8 Å². The summed E-state index contributed by atoms with van der Waals surface area (Å²) in [7, 11) is -3.81. The molecule has 1 heterocycles. The van der Waals surface area contributed by atoms with Gasteiger partial charge in [-0.2, -0.15) is 4.31 Å². The number of rotatable bonds is 3. The average molecular weight is 373 g/mol. The van der Waals surface area contributed by atoms with Gasteiger partial charge in [0.25, 0.3) is 0 Å². The Morgan fingerprint density at radius 3 is 2.50 bits per heavy atom. The van der Waals surface area contributed by atoms with Gasteiger partial charge in [0.05, 0.1) is 10.9 Å². The van der Waals surface area contributed by atoms with Gasteiger partial charge in [-0.1, -0.05) is 30.3 Å². The van der Waals surface area contributed by atoms with Gasteiger partial charge in [-0.25, -0.2) is 17.2 Å². The van der Waals surface area contributed by atoms with Crippen LogP contribution in [-0.4, -0.2) is 19.3 Å². The van der Waals surface area contributed by atoms with E-state index in [0.717, 1.165) is 29.0 Å². The molecule has 26 heavy (non-hydrogen) atoms. The average Bonchev–Trinajstić information content (AvgIpc) is 3.13. The highest BCUT2D eigenvalue weighted by Crippen LogP contribution is 2.38. The summed E-state index contributed by atoms with van der Waals surface area (Å²) in [4.78, 5) is 0.167. The van der Waals surface area contributed by atoms with Crippen LogP contribution in [0.25, 0.3) is 10.8 Å². The first-order chi connectivity index (χ1) is 12.5. The van der Waals surface area contributed by atoms with E-state index in [1.54, 1.807) is 18.2 Å². The van der Waals surface area contributed by atoms with E-state index in [0.29, 0.717) is 12.8 Å². The summed E-state index contributed by atoms with van der Waals surface area (Å²) >= 11 is 0. The molecule has 3 nitrogen and oxygen atoms in total.